The van der Waals surface area contributed by atoms with Crippen LogP contribution < -0.4 is 16.4 Å². The van der Waals surface area contributed by atoms with Crippen molar-refractivity contribution in [3.63, 3.8) is 0 Å². The van der Waals surface area contributed by atoms with Gasteiger partial charge in [0.05, 0.1) is 16.1 Å². The van der Waals surface area contributed by atoms with Crippen molar-refractivity contribution in [1.29, 1.82) is 0 Å². The Hall–Kier alpha value is -2.28. The minimum Gasteiger partial charge on any atom is -0.478 e. The van der Waals surface area contributed by atoms with E-state index in [0.717, 1.165) is 0 Å². The summed E-state index contributed by atoms with van der Waals surface area (Å²) in [6, 6.07) is 3.67. The third kappa shape index (κ3) is 4.35. The minimum absolute atomic E-state index is 0.0110. The van der Waals surface area contributed by atoms with E-state index in [1.807, 2.05) is 0 Å². The van der Waals surface area contributed by atoms with Crippen LogP contribution in [0.15, 0.2) is 18.2 Å². The van der Waals surface area contributed by atoms with E-state index in [2.05, 4.69) is 10.6 Å². The first kappa shape index (κ1) is 16.8. The molecule has 0 spiro atoms. The first-order valence-corrected chi connectivity index (χ1v) is 6.39. The second-order valence-electron chi connectivity index (χ2n) is 5.02. The molecular formula is C13H16ClN3O4. The van der Waals surface area contributed by atoms with Crippen LogP contribution in [0.1, 0.15) is 24.2 Å². The number of carboxylic acid groups (broad SMARTS) is 1. The Morgan fingerprint density at radius 3 is 2.48 bits per heavy atom. The van der Waals surface area contributed by atoms with Gasteiger partial charge in [-0.15, -0.1) is 0 Å². The van der Waals surface area contributed by atoms with Crippen LogP contribution in [0.2, 0.25) is 5.02 Å². The van der Waals surface area contributed by atoms with Crippen molar-refractivity contribution in [1.82, 2.24) is 5.32 Å². The molecule has 114 valence electrons. The molecule has 0 saturated carbocycles. The highest BCUT2D eigenvalue weighted by Crippen LogP contribution is 2.24. The van der Waals surface area contributed by atoms with Crippen molar-refractivity contribution in [3.05, 3.63) is 28.8 Å². The number of carboxylic acids is 1. The summed E-state index contributed by atoms with van der Waals surface area (Å²) >= 11 is 5.79. The lowest BCUT2D eigenvalue weighted by Gasteiger charge is -2.21. The van der Waals surface area contributed by atoms with E-state index in [-0.39, 0.29) is 22.8 Å². The van der Waals surface area contributed by atoms with Crippen molar-refractivity contribution in [2.45, 2.75) is 13.8 Å². The number of primary amides is 1. The molecule has 0 aliphatic heterocycles. The third-order valence-corrected chi connectivity index (χ3v) is 3.15. The number of amides is 3. The Labute approximate surface area is 126 Å². The lowest BCUT2D eigenvalue weighted by molar-refractivity contribution is -0.125. The predicted molar refractivity (Wildman–Crippen MR) is 78.4 cm³/mol. The highest BCUT2D eigenvalue weighted by molar-refractivity contribution is 6.34. The number of carbonyl (C=O) groups is 3. The van der Waals surface area contributed by atoms with Gasteiger partial charge in [-0.25, -0.2) is 9.59 Å². The van der Waals surface area contributed by atoms with E-state index in [0.29, 0.717) is 0 Å². The molecule has 0 aliphatic rings. The lowest BCUT2D eigenvalue weighted by atomic mass is 9.93. The number of nitrogens with one attached hydrogen (secondary N) is 2. The summed E-state index contributed by atoms with van der Waals surface area (Å²) in [6.45, 7) is 3.17. The molecule has 0 fully saturated rings. The molecule has 21 heavy (non-hydrogen) atoms. The summed E-state index contributed by atoms with van der Waals surface area (Å²) in [6.07, 6.45) is 0. The maximum atomic E-state index is 11.8. The molecule has 0 unspecified atom stereocenters. The van der Waals surface area contributed by atoms with Gasteiger partial charge in [0.1, 0.15) is 5.56 Å². The molecule has 0 atom stereocenters. The summed E-state index contributed by atoms with van der Waals surface area (Å²) in [5.41, 5.74) is 4.13. The summed E-state index contributed by atoms with van der Waals surface area (Å²) < 4.78 is 0. The molecule has 1 aromatic carbocycles. The van der Waals surface area contributed by atoms with E-state index in [1.165, 1.54) is 18.2 Å². The first-order chi connectivity index (χ1) is 9.65. The molecule has 0 heterocycles. The Kier molecular flexibility index (Phi) is 5.15. The Bertz CT molecular complexity index is 587. The van der Waals surface area contributed by atoms with Gasteiger partial charge < -0.3 is 21.5 Å². The van der Waals surface area contributed by atoms with E-state index in [9.17, 15) is 14.4 Å². The van der Waals surface area contributed by atoms with Gasteiger partial charge in [-0.3, -0.25) is 4.79 Å². The number of carbonyl (C=O) groups excluding carboxylic acids is 2. The SMILES string of the molecule is CC(C)(CNC(=O)Nc1cccc(Cl)c1C(=O)O)C(N)=O. The molecule has 0 bridgehead atoms. The second-order valence-corrected chi connectivity index (χ2v) is 5.43. The highest BCUT2D eigenvalue weighted by Gasteiger charge is 2.25. The van der Waals surface area contributed by atoms with Crippen LogP contribution >= 0.6 is 11.6 Å². The van der Waals surface area contributed by atoms with Crippen molar-refractivity contribution >= 4 is 35.2 Å². The second kappa shape index (κ2) is 6.45. The maximum Gasteiger partial charge on any atom is 0.339 e. The average Bonchev–Trinajstić information content (AvgIpc) is 2.36. The van der Waals surface area contributed by atoms with Crippen LogP contribution in [-0.2, 0) is 4.79 Å². The zero-order valence-corrected chi connectivity index (χ0v) is 12.3. The third-order valence-electron chi connectivity index (χ3n) is 2.83. The number of halogens is 1. The van der Waals surface area contributed by atoms with Gasteiger partial charge >= 0.3 is 12.0 Å². The normalized spacial score (nSPS) is 10.8. The number of anilines is 1. The van der Waals surface area contributed by atoms with Crippen LogP contribution in [0.25, 0.3) is 0 Å². The Balaban J connectivity index is 2.79. The summed E-state index contributed by atoms with van der Waals surface area (Å²) in [7, 11) is 0. The van der Waals surface area contributed by atoms with Crippen molar-refractivity contribution in [2.24, 2.45) is 11.1 Å². The predicted octanol–water partition coefficient (Wildman–Crippen LogP) is 1.67. The summed E-state index contributed by atoms with van der Waals surface area (Å²) in [4.78, 5) is 34.0. The van der Waals surface area contributed by atoms with E-state index in [4.69, 9.17) is 22.4 Å². The quantitative estimate of drug-likeness (QED) is 0.660. The number of benzene rings is 1. The minimum atomic E-state index is -1.26. The monoisotopic (exact) mass is 313 g/mol. The standard InChI is InChI=1S/C13H16ClN3O4/c1-13(2,11(15)20)6-16-12(21)17-8-5-3-4-7(14)9(8)10(18)19/h3-5H,6H2,1-2H3,(H2,15,20)(H,18,19)(H2,16,17,21). The summed E-state index contributed by atoms with van der Waals surface area (Å²) in [5, 5.41) is 13.9. The van der Waals surface area contributed by atoms with Gasteiger partial charge in [-0.1, -0.05) is 17.7 Å². The fraction of sp³-hybridized carbons (Fsp3) is 0.308. The molecule has 5 N–H and O–H groups in total. The molecular weight excluding hydrogens is 298 g/mol. The van der Waals surface area contributed by atoms with Gasteiger partial charge in [0, 0.05) is 6.54 Å². The molecule has 0 radical (unpaired) electrons. The van der Waals surface area contributed by atoms with Crippen LogP contribution in [0.4, 0.5) is 10.5 Å². The van der Waals surface area contributed by atoms with Crippen molar-refractivity contribution in [3.8, 4) is 0 Å². The summed E-state index contributed by atoms with van der Waals surface area (Å²) in [5.74, 6) is -1.81. The molecule has 1 aromatic rings. The van der Waals surface area contributed by atoms with Crippen LogP contribution in [0.3, 0.4) is 0 Å². The van der Waals surface area contributed by atoms with E-state index in [1.54, 1.807) is 13.8 Å². The number of rotatable bonds is 5. The van der Waals surface area contributed by atoms with Gasteiger partial charge in [-0.2, -0.15) is 0 Å². The Morgan fingerprint density at radius 2 is 1.95 bits per heavy atom. The molecule has 7 nitrogen and oxygen atoms in total. The molecule has 0 aliphatic carbocycles. The van der Waals surface area contributed by atoms with Crippen LogP contribution in [0.5, 0.6) is 0 Å². The largest absolute Gasteiger partial charge is 0.478 e. The Morgan fingerprint density at radius 1 is 1.33 bits per heavy atom. The molecule has 3 amide bonds. The number of hydrogen-bond acceptors (Lipinski definition) is 3. The smallest absolute Gasteiger partial charge is 0.339 e. The van der Waals surface area contributed by atoms with Gasteiger partial charge in [0.15, 0.2) is 0 Å². The first-order valence-electron chi connectivity index (χ1n) is 6.01. The molecule has 0 aromatic heterocycles. The van der Waals surface area contributed by atoms with Gasteiger partial charge in [0.25, 0.3) is 0 Å². The fourth-order valence-corrected chi connectivity index (χ4v) is 1.66. The topological polar surface area (TPSA) is 122 Å². The highest BCUT2D eigenvalue weighted by atomic mass is 35.5. The zero-order valence-electron chi connectivity index (χ0n) is 11.6. The molecule has 0 saturated heterocycles. The number of urea groups is 1. The maximum absolute atomic E-state index is 11.8. The van der Waals surface area contributed by atoms with E-state index >= 15 is 0 Å². The fourth-order valence-electron chi connectivity index (χ4n) is 1.40. The van der Waals surface area contributed by atoms with E-state index < -0.39 is 23.3 Å². The lowest BCUT2D eigenvalue weighted by Crippen LogP contribution is -2.43. The molecule has 1 rings (SSSR count). The average molecular weight is 314 g/mol. The van der Waals surface area contributed by atoms with Crippen LogP contribution in [-0.4, -0.2) is 29.6 Å². The van der Waals surface area contributed by atoms with Crippen LogP contribution in [0, 0.1) is 5.41 Å². The zero-order chi connectivity index (χ0) is 16.2. The van der Waals surface area contributed by atoms with Crippen molar-refractivity contribution < 1.29 is 19.5 Å². The number of hydrogen-bond donors (Lipinski definition) is 4. The van der Waals surface area contributed by atoms with Gasteiger partial charge in [0.2, 0.25) is 5.91 Å². The number of aromatic carboxylic acids is 1. The number of nitrogens with two attached hydrogens (primary N) is 1. The van der Waals surface area contributed by atoms with Gasteiger partial charge in [-0.05, 0) is 26.0 Å². The molecule has 8 heteroatoms. The van der Waals surface area contributed by atoms with Crippen molar-refractivity contribution in [2.75, 3.05) is 11.9 Å².